The molecule has 0 bridgehead atoms. The van der Waals surface area contributed by atoms with E-state index in [4.69, 9.17) is 6.48 Å². The minimum absolute atomic E-state index is 0.345. The number of carbonyl (C=O) groups is 1. The lowest BCUT2D eigenvalue weighted by Crippen LogP contribution is -2.07. The van der Waals surface area contributed by atoms with E-state index < -0.39 is 5.97 Å². The van der Waals surface area contributed by atoms with Crippen LogP contribution < -0.4 is 0 Å². The zero-order valence-corrected chi connectivity index (χ0v) is 4.63. The minimum Gasteiger partial charge on any atom is -0.481 e. The van der Waals surface area contributed by atoms with Crippen LogP contribution in [0.25, 0.3) is 0 Å². The fraction of sp³-hybridized carbons (Fsp3) is 0.833. The molecule has 1 N–H and O–H groups in total. The molecule has 0 spiro atoms. The molecule has 1 aliphatic rings. The molecule has 0 aliphatic heterocycles. The Morgan fingerprint density at radius 2 is 2.50 bits per heavy atom. The SMILES string of the molecule is [2H][C@H]1CCCC1C(=O)O. The molecule has 2 nitrogen and oxygen atoms in total. The number of hydrogen-bond donors (Lipinski definition) is 1. The van der Waals surface area contributed by atoms with E-state index in [9.17, 15) is 4.79 Å². The van der Waals surface area contributed by atoms with Crippen molar-refractivity contribution in [2.24, 2.45) is 5.92 Å². The number of aliphatic carboxylic acids is 1. The summed E-state index contributed by atoms with van der Waals surface area (Å²) in [5.74, 6) is -1.18. The maximum atomic E-state index is 10.3. The average molecular weight is 115 g/mol. The van der Waals surface area contributed by atoms with Gasteiger partial charge in [0.25, 0.3) is 0 Å². The van der Waals surface area contributed by atoms with Gasteiger partial charge in [-0.25, -0.2) is 0 Å². The van der Waals surface area contributed by atoms with Gasteiger partial charge in [-0.2, -0.15) is 0 Å². The van der Waals surface area contributed by atoms with Crippen molar-refractivity contribution in [1.82, 2.24) is 0 Å². The Kier molecular flexibility index (Phi) is 1.18. The lowest BCUT2D eigenvalue weighted by molar-refractivity contribution is -0.141. The van der Waals surface area contributed by atoms with Crippen LogP contribution in [0.15, 0.2) is 0 Å². The molecular weight excluding hydrogens is 104 g/mol. The highest BCUT2D eigenvalue weighted by Gasteiger charge is 2.20. The molecule has 1 aliphatic carbocycles. The molecule has 2 atom stereocenters. The zero-order valence-electron chi connectivity index (χ0n) is 5.63. The number of carboxylic acids is 1. The smallest absolute Gasteiger partial charge is 0.306 e. The summed E-state index contributed by atoms with van der Waals surface area (Å²) < 4.78 is 7.24. The predicted octanol–water partition coefficient (Wildman–Crippen LogP) is 1.26. The zero-order chi connectivity index (χ0) is 6.85. The molecular formula is C6H10O2. The highest BCUT2D eigenvalue weighted by molar-refractivity contribution is 5.70. The van der Waals surface area contributed by atoms with E-state index in [1.807, 2.05) is 0 Å². The summed E-state index contributed by atoms with van der Waals surface area (Å²) in [6.45, 7) is 0. The second kappa shape index (κ2) is 2.16. The van der Waals surface area contributed by atoms with Gasteiger partial charge in [-0.1, -0.05) is 12.8 Å². The third kappa shape index (κ3) is 0.997. The summed E-state index contributed by atoms with van der Waals surface area (Å²) in [5, 5.41) is 8.46. The second-order valence-electron chi connectivity index (χ2n) is 2.11. The molecule has 1 saturated carbocycles. The molecule has 0 radical (unpaired) electrons. The molecule has 0 amide bonds. The van der Waals surface area contributed by atoms with Crippen molar-refractivity contribution in [3.05, 3.63) is 0 Å². The fourth-order valence-electron chi connectivity index (χ4n) is 0.999. The van der Waals surface area contributed by atoms with Crippen molar-refractivity contribution < 1.29 is 11.3 Å². The number of rotatable bonds is 1. The Morgan fingerprint density at radius 1 is 1.75 bits per heavy atom. The third-order valence-electron chi connectivity index (χ3n) is 1.49. The Morgan fingerprint density at radius 3 is 2.75 bits per heavy atom. The molecule has 0 aromatic carbocycles. The van der Waals surface area contributed by atoms with E-state index in [-0.39, 0.29) is 12.3 Å². The number of carboxylic acid groups (broad SMARTS) is 1. The Balaban J connectivity index is 2.49. The largest absolute Gasteiger partial charge is 0.481 e. The standard InChI is InChI=1S/C6H10O2/c7-6(8)5-3-1-2-4-5/h5H,1-4H2,(H,7,8)/i3D/t3-,5?/m0/s1. The normalized spacial score (nSPS) is 39.2. The topological polar surface area (TPSA) is 37.3 Å². The predicted molar refractivity (Wildman–Crippen MR) is 29.6 cm³/mol. The molecule has 8 heavy (non-hydrogen) atoms. The van der Waals surface area contributed by atoms with Crippen LogP contribution >= 0.6 is 0 Å². The highest BCUT2D eigenvalue weighted by atomic mass is 16.4. The first-order valence-corrected chi connectivity index (χ1v) is 2.87. The first-order chi connectivity index (χ1) is 4.22. The van der Waals surface area contributed by atoms with Crippen molar-refractivity contribution in [3.63, 3.8) is 0 Å². The monoisotopic (exact) mass is 115 g/mol. The van der Waals surface area contributed by atoms with Gasteiger partial charge < -0.3 is 5.11 Å². The van der Waals surface area contributed by atoms with Crippen LogP contribution in [0.5, 0.6) is 0 Å². The van der Waals surface area contributed by atoms with Gasteiger partial charge >= 0.3 is 5.97 Å². The maximum absolute atomic E-state index is 10.3. The lowest BCUT2D eigenvalue weighted by atomic mass is 10.1. The first-order valence-electron chi connectivity index (χ1n) is 3.44. The molecule has 0 aromatic heterocycles. The maximum Gasteiger partial charge on any atom is 0.306 e. The van der Waals surface area contributed by atoms with E-state index in [0.717, 1.165) is 12.8 Å². The number of hydrogen-bond acceptors (Lipinski definition) is 1. The molecule has 0 heterocycles. The van der Waals surface area contributed by atoms with Crippen molar-refractivity contribution in [2.75, 3.05) is 0 Å². The Labute approximate surface area is 49.9 Å². The average Bonchev–Trinajstić information content (AvgIpc) is 2.13. The Bertz CT molecular complexity index is 124. The molecule has 0 saturated heterocycles. The summed E-state index contributed by atoms with van der Waals surface area (Å²) in [6, 6.07) is 0. The van der Waals surface area contributed by atoms with Crippen molar-refractivity contribution in [3.8, 4) is 0 Å². The van der Waals surface area contributed by atoms with Crippen LogP contribution in [0.3, 0.4) is 0 Å². The van der Waals surface area contributed by atoms with Gasteiger partial charge in [0, 0.05) is 1.37 Å². The van der Waals surface area contributed by atoms with E-state index in [1.54, 1.807) is 0 Å². The fourth-order valence-corrected chi connectivity index (χ4v) is 0.999. The highest BCUT2D eigenvalue weighted by Crippen LogP contribution is 2.24. The summed E-state index contributed by atoms with van der Waals surface area (Å²) in [6.07, 6.45) is 2.02. The van der Waals surface area contributed by atoms with Gasteiger partial charge in [0.15, 0.2) is 0 Å². The summed E-state index contributed by atoms with van der Waals surface area (Å²) >= 11 is 0. The van der Waals surface area contributed by atoms with Gasteiger partial charge in [-0.3, -0.25) is 4.79 Å². The van der Waals surface area contributed by atoms with Gasteiger partial charge in [0.05, 0.1) is 5.92 Å². The van der Waals surface area contributed by atoms with Crippen LogP contribution in [0.2, 0.25) is 0 Å². The quantitative estimate of drug-likeness (QED) is 0.558. The van der Waals surface area contributed by atoms with Crippen LogP contribution in [-0.2, 0) is 4.79 Å². The molecule has 1 fully saturated rings. The molecule has 46 valence electrons. The van der Waals surface area contributed by atoms with Crippen molar-refractivity contribution >= 4 is 5.97 Å². The van der Waals surface area contributed by atoms with Crippen LogP contribution in [0.4, 0.5) is 0 Å². The molecule has 2 heteroatoms. The van der Waals surface area contributed by atoms with E-state index >= 15 is 0 Å². The summed E-state index contributed by atoms with van der Waals surface area (Å²) in [5.41, 5.74) is 0. The van der Waals surface area contributed by atoms with Crippen LogP contribution in [0.1, 0.15) is 27.0 Å². The van der Waals surface area contributed by atoms with Gasteiger partial charge in [-0.15, -0.1) is 0 Å². The second-order valence-corrected chi connectivity index (χ2v) is 2.11. The van der Waals surface area contributed by atoms with Gasteiger partial charge in [0.1, 0.15) is 0 Å². The lowest BCUT2D eigenvalue weighted by Gasteiger charge is -1.97. The molecule has 0 aromatic rings. The summed E-state index contributed by atoms with van der Waals surface area (Å²) in [7, 11) is 0. The van der Waals surface area contributed by atoms with E-state index in [2.05, 4.69) is 0 Å². The Hall–Kier alpha value is -0.530. The summed E-state index contributed by atoms with van der Waals surface area (Å²) in [4.78, 5) is 10.3. The van der Waals surface area contributed by atoms with Gasteiger partial charge in [0.2, 0.25) is 0 Å². The van der Waals surface area contributed by atoms with Crippen LogP contribution in [0, 0.1) is 5.92 Å². The molecule has 1 unspecified atom stereocenters. The minimum atomic E-state index is -0.799. The van der Waals surface area contributed by atoms with Crippen molar-refractivity contribution in [1.29, 1.82) is 0 Å². The first kappa shape index (κ1) is 4.36. The van der Waals surface area contributed by atoms with Crippen molar-refractivity contribution in [2.45, 2.75) is 25.7 Å². The third-order valence-corrected chi connectivity index (χ3v) is 1.49. The van der Waals surface area contributed by atoms with Crippen LogP contribution in [-0.4, -0.2) is 11.1 Å². The van der Waals surface area contributed by atoms with Gasteiger partial charge in [-0.05, 0) is 12.8 Å². The molecule has 1 rings (SSSR count). The van der Waals surface area contributed by atoms with E-state index in [1.165, 1.54) is 0 Å². The van der Waals surface area contributed by atoms with E-state index in [0.29, 0.717) is 6.42 Å².